The van der Waals surface area contributed by atoms with Crippen molar-refractivity contribution in [3.63, 3.8) is 0 Å². The van der Waals surface area contributed by atoms with E-state index in [0.717, 1.165) is 56.7 Å². The van der Waals surface area contributed by atoms with Crippen molar-refractivity contribution in [3.05, 3.63) is 35.4 Å². The highest BCUT2D eigenvalue weighted by Gasteiger charge is 2.31. The van der Waals surface area contributed by atoms with Crippen molar-refractivity contribution in [2.45, 2.75) is 50.6 Å². The Bertz CT molecular complexity index is 420. The van der Waals surface area contributed by atoms with Crippen LogP contribution in [0.15, 0.2) is 24.3 Å². The van der Waals surface area contributed by atoms with Gasteiger partial charge in [0.05, 0.1) is 5.56 Å². The Morgan fingerprint density at radius 2 is 1.80 bits per heavy atom. The highest BCUT2D eigenvalue weighted by atomic mass is 19.4. The van der Waals surface area contributed by atoms with E-state index < -0.39 is 11.7 Å². The van der Waals surface area contributed by atoms with Crippen molar-refractivity contribution in [1.29, 1.82) is 0 Å². The molecule has 0 bridgehead atoms. The summed E-state index contributed by atoms with van der Waals surface area (Å²) in [6.07, 6.45) is 2.19. The molecule has 0 unspecified atom stereocenters. The van der Waals surface area contributed by atoms with Gasteiger partial charge in [-0.25, -0.2) is 0 Å². The standard InChI is InChI=1S/C16H22F3N/c17-16(18,19)15-5-1-4-14(11-15)13-8-6-12(7-9-13)3-2-10-20/h1,4-5,11-13H,2-3,6-10,20H2. The van der Waals surface area contributed by atoms with Gasteiger partial charge in [-0.3, -0.25) is 0 Å². The zero-order chi connectivity index (χ0) is 14.6. The topological polar surface area (TPSA) is 26.0 Å². The number of nitrogens with two attached hydrogens (primary N) is 1. The van der Waals surface area contributed by atoms with Crippen LogP contribution in [0.4, 0.5) is 13.2 Å². The largest absolute Gasteiger partial charge is 0.416 e. The summed E-state index contributed by atoms with van der Waals surface area (Å²) >= 11 is 0. The summed E-state index contributed by atoms with van der Waals surface area (Å²) in [6.45, 7) is 0.730. The first-order chi connectivity index (χ1) is 9.50. The van der Waals surface area contributed by atoms with Crippen LogP contribution in [0.1, 0.15) is 55.6 Å². The summed E-state index contributed by atoms with van der Waals surface area (Å²) in [5.41, 5.74) is 5.83. The molecular weight excluding hydrogens is 263 g/mol. The molecule has 1 aromatic rings. The number of hydrogen-bond donors (Lipinski definition) is 1. The van der Waals surface area contributed by atoms with Crippen LogP contribution in [0.25, 0.3) is 0 Å². The van der Waals surface area contributed by atoms with E-state index in [1.807, 2.05) is 6.07 Å². The number of benzene rings is 1. The van der Waals surface area contributed by atoms with E-state index in [0.29, 0.717) is 5.92 Å². The smallest absolute Gasteiger partial charge is 0.330 e. The lowest BCUT2D eigenvalue weighted by molar-refractivity contribution is -0.137. The molecule has 0 aromatic heterocycles. The molecule has 0 aliphatic heterocycles. The van der Waals surface area contributed by atoms with Crippen LogP contribution >= 0.6 is 0 Å². The number of rotatable bonds is 4. The van der Waals surface area contributed by atoms with E-state index in [1.165, 1.54) is 12.1 Å². The molecular formula is C16H22F3N. The van der Waals surface area contributed by atoms with Gasteiger partial charge < -0.3 is 5.73 Å². The minimum absolute atomic E-state index is 0.284. The molecule has 1 saturated carbocycles. The quantitative estimate of drug-likeness (QED) is 0.851. The second-order valence-corrected chi connectivity index (χ2v) is 5.77. The van der Waals surface area contributed by atoms with Crippen molar-refractivity contribution >= 4 is 0 Å². The molecule has 1 aromatic carbocycles. The Balaban J connectivity index is 1.97. The predicted octanol–water partition coefficient (Wildman–Crippen LogP) is 4.72. The molecule has 2 N–H and O–H groups in total. The Morgan fingerprint density at radius 1 is 1.10 bits per heavy atom. The Morgan fingerprint density at radius 3 is 2.40 bits per heavy atom. The predicted molar refractivity (Wildman–Crippen MR) is 74.4 cm³/mol. The van der Waals surface area contributed by atoms with Crippen molar-refractivity contribution in [2.24, 2.45) is 11.7 Å². The number of halogens is 3. The average molecular weight is 285 g/mol. The van der Waals surface area contributed by atoms with Gasteiger partial charge in [-0.15, -0.1) is 0 Å². The highest BCUT2D eigenvalue weighted by Crippen LogP contribution is 2.39. The molecule has 0 radical (unpaired) electrons. The maximum atomic E-state index is 12.7. The van der Waals surface area contributed by atoms with Crippen LogP contribution in [0.3, 0.4) is 0 Å². The fourth-order valence-corrected chi connectivity index (χ4v) is 3.16. The molecule has 1 fully saturated rings. The lowest BCUT2D eigenvalue weighted by atomic mass is 9.77. The molecule has 112 valence electrons. The number of alkyl halides is 3. The molecule has 1 aliphatic carbocycles. The SMILES string of the molecule is NCCCC1CCC(c2cccc(C(F)(F)F)c2)CC1. The maximum Gasteiger partial charge on any atom is 0.416 e. The molecule has 1 aliphatic rings. The van der Waals surface area contributed by atoms with Gasteiger partial charge in [0.25, 0.3) is 0 Å². The third-order valence-corrected chi connectivity index (χ3v) is 4.35. The molecule has 20 heavy (non-hydrogen) atoms. The second-order valence-electron chi connectivity index (χ2n) is 5.77. The van der Waals surface area contributed by atoms with Gasteiger partial charge in [0, 0.05) is 0 Å². The lowest BCUT2D eigenvalue weighted by Gasteiger charge is -2.29. The van der Waals surface area contributed by atoms with Gasteiger partial charge in [-0.05, 0) is 68.5 Å². The Hall–Kier alpha value is -1.03. The van der Waals surface area contributed by atoms with Crippen molar-refractivity contribution in [1.82, 2.24) is 0 Å². The van der Waals surface area contributed by atoms with Gasteiger partial charge in [-0.2, -0.15) is 13.2 Å². The van der Waals surface area contributed by atoms with Gasteiger partial charge in [0.2, 0.25) is 0 Å². The minimum atomic E-state index is -4.24. The molecule has 0 saturated heterocycles. The zero-order valence-corrected chi connectivity index (χ0v) is 11.6. The summed E-state index contributed by atoms with van der Waals surface area (Å²) in [5.74, 6) is 0.993. The molecule has 0 heterocycles. The van der Waals surface area contributed by atoms with Crippen LogP contribution in [-0.4, -0.2) is 6.54 Å². The summed E-state index contributed by atoms with van der Waals surface area (Å²) in [5, 5.41) is 0. The third-order valence-electron chi connectivity index (χ3n) is 4.35. The van der Waals surface area contributed by atoms with Gasteiger partial charge >= 0.3 is 6.18 Å². The third kappa shape index (κ3) is 3.98. The van der Waals surface area contributed by atoms with Crippen molar-refractivity contribution in [3.8, 4) is 0 Å². The monoisotopic (exact) mass is 285 g/mol. The van der Waals surface area contributed by atoms with Crippen LogP contribution in [0.5, 0.6) is 0 Å². The second kappa shape index (κ2) is 6.61. The van der Waals surface area contributed by atoms with Gasteiger partial charge in [0.15, 0.2) is 0 Å². The molecule has 2 rings (SSSR count). The summed E-state index contributed by atoms with van der Waals surface area (Å²) < 4.78 is 38.2. The molecule has 1 nitrogen and oxygen atoms in total. The maximum absolute atomic E-state index is 12.7. The molecule has 4 heteroatoms. The number of hydrogen-bond acceptors (Lipinski definition) is 1. The fraction of sp³-hybridized carbons (Fsp3) is 0.625. The fourth-order valence-electron chi connectivity index (χ4n) is 3.16. The summed E-state index contributed by atoms with van der Waals surface area (Å²) in [6, 6.07) is 5.83. The van der Waals surface area contributed by atoms with Crippen molar-refractivity contribution < 1.29 is 13.2 Å². The van der Waals surface area contributed by atoms with E-state index in [2.05, 4.69) is 0 Å². The minimum Gasteiger partial charge on any atom is -0.330 e. The van der Waals surface area contributed by atoms with E-state index in [4.69, 9.17) is 5.73 Å². The van der Waals surface area contributed by atoms with Crippen LogP contribution in [0.2, 0.25) is 0 Å². The summed E-state index contributed by atoms with van der Waals surface area (Å²) in [4.78, 5) is 0. The van der Waals surface area contributed by atoms with E-state index in [9.17, 15) is 13.2 Å². The lowest BCUT2D eigenvalue weighted by Crippen LogP contribution is -2.15. The molecule has 0 atom stereocenters. The van der Waals surface area contributed by atoms with Gasteiger partial charge in [-0.1, -0.05) is 18.2 Å². The van der Waals surface area contributed by atoms with E-state index in [1.54, 1.807) is 0 Å². The first-order valence-corrected chi connectivity index (χ1v) is 7.38. The Labute approximate surface area is 118 Å². The zero-order valence-electron chi connectivity index (χ0n) is 11.6. The van der Waals surface area contributed by atoms with E-state index in [-0.39, 0.29) is 5.92 Å². The molecule has 0 amide bonds. The Kier molecular flexibility index (Phi) is 5.08. The van der Waals surface area contributed by atoms with Crippen LogP contribution in [0, 0.1) is 5.92 Å². The van der Waals surface area contributed by atoms with Crippen LogP contribution < -0.4 is 5.73 Å². The highest BCUT2D eigenvalue weighted by molar-refractivity contribution is 5.28. The molecule has 0 spiro atoms. The normalized spacial score (nSPS) is 23.8. The van der Waals surface area contributed by atoms with Crippen molar-refractivity contribution in [2.75, 3.05) is 6.54 Å². The first kappa shape index (κ1) is 15.4. The van der Waals surface area contributed by atoms with Gasteiger partial charge in [0.1, 0.15) is 0 Å². The summed E-state index contributed by atoms with van der Waals surface area (Å²) in [7, 11) is 0. The van der Waals surface area contributed by atoms with Crippen LogP contribution in [-0.2, 0) is 6.18 Å². The average Bonchev–Trinajstić information content (AvgIpc) is 2.45. The van der Waals surface area contributed by atoms with E-state index >= 15 is 0 Å². The first-order valence-electron chi connectivity index (χ1n) is 7.38.